The second kappa shape index (κ2) is 5.92. The zero-order valence-corrected chi connectivity index (χ0v) is 11.1. The third-order valence-corrected chi connectivity index (χ3v) is 3.79. The van der Waals surface area contributed by atoms with Gasteiger partial charge in [-0.2, -0.15) is 15.5 Å². The topological polar surface area (TPSA) is 52.8 Å². The van der Waals surface area contributed by atoms with E-state index in [1.54, 1.807) is 6.20 Å². The summed E-state index contributed by atoms with van der Waals surface area (Å²) < 4.78 is 0. The number of piperidine rings is 1. The molecule has 2 atom stereocenters. The van der Waals surface area contributed by atoms with Crippen LogP contribution in [0.15, 0.2) is 18.3 Å². The van der Waals surface area contributed by atoms with E-state index in [2.05, 4.69) is 35.0 Å². The van der Waals surface area contributed by atoms with Crippen LogP contribution in [0.5, 0.6) is 0 Å². The van der Waals surface area contributed by atoms with Crippen LogP contribution >= 0.6 is 0 Å². The minimum atomic E-state index is 0.149. The zero-order valence-electron chi connectivity index (χ0n) is 11.1. The van der Waals surface area contributed by atoms with Crippen LogP contribution in [0.4, 0.5) is 0 Å². The predicted octanol–water partition coefficient (Wildman–Crippen LogP) is 2.09. The van der Waals surface area contributed by atoms with Gasteiger partial charge in [-0.1, -0.05) is 13.8 Å². The van der Waals surface area contributed by atoms with E-state index < -0.39 is 0 Å². The fourth-order valence-electron chi connectivity index (χ4n) is 2.76. The minimum absolute atomic E-state index is 0.149. The lowest BCUT2D eigenvalue weighted by atomic mass is 9.79. The van der Waals surface area contributed by atoms with Gasteiger partial charge >= 0.3 is 0 Å². The third kappa shape index (κ3) is 3.05. The Kier molecular flexibility index (Phi) is 4.27. The largest absolute Gasteiger partial charge is 0.296 e. The van der Waals surface area contributed by atoms with Crippen molar-refractivity contribution >= 4 is 0 Å². The maximum Gasteiger partial charge on any atom is 0.0771 e. The van der Waals surface area contributed by atoms with Gasteiger partial charge in [-0.3, -0.25) is 4.90 Å². The van der Waals surface area contributed by atoms with Crippen molar-refractivity contribution in [3.05, 3.63) is 24.0 Å². The Balaban J connectivity index is 1.96. The standard InChI is InChI=1S/C14H20N4/c1-11(2)14-5-7-18(9-12(14)8-15)10-13-4-3-6-16-17-13/h3-4,6,11-12,14H,5,7,9-10H2,1-2H3. The molecule has 0 aromatic carbocycles. The van der Waals surface area contributed by atoms with Gasteiger partial charge in [0.15, 0.2) is 0 Å². The molecule has 96 valence electrons. The van der Waals surface area contributed by atoms with Gasteiger partial charge in [0.2, 0.25) is 0 Å². The molecule has 0 N–H and O–H groups in total. The van der Waals surface area contributed by atoms with Crippen LogP contribution in [0.3, 0.4) is 0 Å². The molecule has 0 saturated carbocycles. The Bertz CT molecular complexity index is 410. The third-order valence-electron chi connectivity index (χ3n) is 3.79. The molecule has 18 heavy (non-hydrogen) atoms. The van der Waals surface area contributed by atoms with Crippen LogP contribution in [0.25, 0.3) is 0 Å². The number of likely N-dealkylation sites (tertiary alicyclic amines) is 1. The highest BCUT2D eigenvalue weighted by atomic mass is 15.2. The first kappa shape index (κ1) is 13.0. The van der Waals surface area contributed by atoms with Crippen molar-refractivity contribution < 1.29 is 0 Å². The molecule has 0 spiro atoms. The fourth-order valence-corrected chi connectivity index (χ4v) is 2.76. The lowest BCUT2D eigenvalue weighted by molar-refractivity contribution is 0.114. The van der Waals surface area contributed by atoms with E-state index >= 15 is 0 Å². The van der Waals surface area contributed by atoms with E-state index in [4.69, 9.17) is 0 Å². The Morgan fingerprint density at radius 2 is 2.39 bits per heavy atom. The Morgan fingerprint density at radius 1 is 1.56 bits per heavy atom. The smallest absolute Gasteiger partial charge is 0.0771 e. The van der Waals surface area contributed by atoms with Gasteiger partial charge in [0.25, 0.3) is 0 Å². The summed E-state index contributed by atoms with van der Waals surface area (Å²) in [5, 5.41) is 17.3. The number of rotatable bonds is 3. The summed E-state index contributed by atoms with van der Waals surface area (Å²) >= 11 is 0. The fraction of sp³-hybridized carbons (Fsp3) is 0.643. The van der Waals surface area contributed by atoms with Gasteiger partial charge in [0.1, 0.15) is 0 Å². The zero-order chi connectivity index (χ0) is 13.0. The van der Waals surface area contributed by atoms with Gasteiger partial charge in [-0.05, 0) is 36.9 Å². The lowest BCUT2D eigenvalue weighted by Crippen LogP contribution is -2.41. The van der Waals surface area contributed by atoms with Gasteiger partial charge in [-0.25, -0.2) is 0 Å². The maximum absolute atomic E-state index is 9.29. The molecule has 2 rings (SSSR count). The molecule has 0 radical (unpaired) electrons. The van der Waals surface area contributed by atoms with Crippen molar-refractivity contribution in [3.63, 3.8) is 0 Å². The van der Waals surface area contributed by atoms with E-state index in [1.165, 1.54) is 0 Å². The summed E-state index contributed by atoms with van der Waals surface area (Å²) in [7, 11) is 0. The number of hydrogen-bond donors (Lipinski definition) is 0. The highest BCUT2D eigenvalue weighted by Crippen LogP contribution is 2.29. The number of hydrogen-bond acceptors (Lipinski definition) is 4. The number of nitriles is 1. The molecule has 0 bridgehead atoms. The van der Waals surface area contributed by atoms with Crippen LogP contribution in [-0.4, -0.2) is 28.2 Å². The molecule has 4 nitrogen and oxygen atoms in total. The van der Waals surface area contributed by atoms with Crippen molar-refractivity contribution in [2.24, 2.45) is 17.8 Å². The second-order valence-corrected chi connectivity index (χ2v) is 5.38. The monoisotopic (exact) mass is 244 g/mol. The van der Waals surface area contributed by atoms with E-state index in [1.807, 2.05) is 12.1 Å². The molecule has 0 amide bonds. The normalized spacial score (nSPS) is 25.0. The van der Waals surface area contributed by atoms with Crippen LogP contribution < -0.4 is 0 Å². The molecule has 1 aliphatic heterocycles. The quantitative estimate of drug-likeness (QED) is 0.817. The average Bonchev–Trinajstić information content (AvgIpc) is 2.39. The number of aromatic nitrogens is 2. The van der Waals surface area contributed by atoms with Crippen LogP contribution in [0, 0.1) is 29.1 Å². The van der Waals surface area contributed by atoms with Gasteiger partial charge < -0.3 is 0 Å². The van der Waals surface area contributed by atoms with E-state index in [9.17, 15) is 5.26 Å². The highest BCUT2D eigenvalue weighted by molar-refractivity contribution is 5.01. The SMILES string of the molecule is CC(C)C1CCN(Cc2cccnn2)CC1C#N. The lowest BCUT2D eigenvalue weighted by Gasteiger charge is -2.37. The highest BCUT2D eigenvalue weighted by Gasteiger charge is 2.31. The average molecular weight is 244 g/mol. The first-order chi connectivity index (χ1) is 8.70. The molecule has 1 aromatic heterocycles. The Labute approximate surface area is 109 Å². The molecule has 1 aliphatic rings. The summed E-state index contributed by atoms with van der Waals surface area (Å²) in [6.45, 7) is 7.14. The maximum atomic E-state index is 9.29. The molecule has 1 fully saturated rings. The molecule has 2 unspecified atom stereocenters. The van der Waals surface area contributed by atoms with Gasteiger partial charge in [0, 0.05) is 19.3 Å². The molecule has 4 heteroatoms. The summed E-state index contributed by atoms with van der Waals surface area (Å²) in [6.07, 6.45) is 2.79. The molecular weight excluding hydrogens is 224 g/mol. The minimum Gasteiger partial charge on any atom is -0.296 e. The van der Waals surface area contributed by atoms with Crippen molar-refractivity contribution in [1.29, 1.82) is 5.26 Å². The molecule has 1 saturated heterocycles. The van der Waals surface area contributed by atoms with Gasteiger partial charge in [0.05, 0.1) is 17.7 Å². The van der Waals surface area contributed by atoms with Crippen LogP contribution in [-0.2, 0) is 6.54 Å². The van der Waals surface area contributed by atoms with Gasteiger partial charge in [-0.15, -0.1) is 0 Å². The predicted molar refractivity (Wildman–Crippen MR) is 69.4 cm³/mol. The van der Waals surface area contributed by atoms with Crippen molar-refractivity contribution in [3.8, 4) is 6.07 Å². The number of nitrogens with zero attached hydrogens (tertiary/aromatic N) is 4. The summed E-state index contributed by atoms with van der Waals surface area (Å²) in [4.78, 5) is 2.32. The first-order valence-electron chi connectivity index (χ1n) is 6.59. The van der Waals surface area contributed by atoms with E-state index in [-0.39, 0.29) is 5.92 Å². The molecule has 2 heterocycles. The summed E-state index contributed by atoms with van der Waals surface area (Å²) in [5.74, 6) is 1.27. The van der Waals surface area contributed by atoms with Crippen molar-refractivity contribution in [2.75, 3.05) is 13.1 Å². The Hall–Kier alpha value is -1.47. The van der Waals surface area contributed by atoms with Crippen LogP contribution in [0.1, 0.15) is 26.0 Å². The van der Waals surface area contributed by atoms with Crippen molar-refractivity contribution in [1.82, 2.24) is 15.1 Å². The summed E-state index contributed by atoms with van der Waals surface area (Å²) in [6, 6.07) is 6.37. The van der Waals surface area contributed by atoms with Crippen molar-refractivity contribution in [2.45, 2.75) is 26.8 Å². The summed E-state index contributed by atoms with van der Waals surface area (Å²) in [5.41, 5.74) is 0.984. The Morgan fingerprint density at radius 3 is 3.00 bits per heavy atom. The molecule has 1 aromatic rings. The molecule has 0 aliphatic carbocycles. The van der Waals surface area contributed by atoms with E-state index in [0.29, 0.717) is 11.8 Å². The van der Waals surface area contributed by atoms with E-state index in [0.717, 1.165) is 31.7 Å². The molecular formula is C14H20N4. The van der Waals surface area contributed by atoms with Crippen LogP contribution in [0.2, 0.25) is 0 Å². The second-order valence-electron chi connectivity index (χ2n) is 5.38. The first-order valence-corrected chi connectivity index (χ1v) is 6.59.